The highest BCUT2D eigenvalue weighted by Gasteiger charge is 2.42. The van der Waals surface area contributed by atoms with Crippen molar-refractivity contribution in [3.8, 4) is 0 Å². The van der Waals surface area contributed by atoms with Crippen LogP contribution in [0.4, 0.5) is 5.69 Å². The Kier molecular flexibility index (Phi) is 3.97. The lowest BCUT2D eigenvalue weighted by Gasteiger charge is -2.37. The fourth-order valence-corrected chi connectivity index (χ4v) is 3.38. The van der Waals surface area contributed by atoms with E-state index in [-0.39, 0.29) is 0 Å². The Morgan fingerprint density at radius 1 is 1.05 bits per heavy atom. The SMILES string of the molecule is SCC1(CN2CCN(c3ccc(Cl)cc3)CC2)CC1. The van der Waals surface area contributed by atoms with Crippen molar-refractivity contribution in [3.05, 3.63) is 29.3 Å². The van der Waals surface area contributed by atoms with Gasteiger partial charge >= 0.3 is 0 Å². The van der Waals surface area contributed by atoms with Crippen LogP contribution in [0.3, 0.4) is 0 Å². The van der Waals surface area contributed by atoms with Crippen LogP contribution in [-0.2, 0) is 0 Å². The first-order chi connectivity index (χ1) is 9.21. The largest absolute Gasteiger partial charge is 0.369 e. The molecule has 104 valence electrons. The van der Waals surface area contributed by atoms with Gasteiger partial charge in [0.1, 0.15) is 0 Å². The molecule has 0 N–H and O–H groups in total. The zero-order chi connectivity index (χ0) is 13.3. The molecule has 1 aromatic rings. The summed E-state index contributed by atoms with van der Waals surface area (Å²) in [5.74, 6) is 1.05. The van der Waals surface area contributed by atoms with E-state index in [4.69, 9.17) is 11.6 Å². The first-order valence-electron chi connectivity index (χ1n) is 7.05. The van der Waals surface area contributed by atoms with Gasteiger partial charge in [0.25, 0.3) is 0 Å². The van der Waals surface area contributed by atoms with Crippen LogP contribution in [0, 0.1) is 5.41 Å². The van der Waals surface area contributed by atoms with Crippen LogP contribution in [-0.4, -0.2) is 43.4 Å². The molecule has 1 aliphatic heterocycles. The van der Waals surface area contributed by atoms with Gasteiger partial charge in [-0.25, -0.2) is 0 Å². The minimum absolute atomic E-state index is 0.547. The molecule has 2 fully saturated rings. The molecule has 1 aromatic carbocycles. The number of thiol groups is 1. The highest BCUT2D eigenvalue weighted by Crippen LogP contribution is 2.47. The molecule has 0 spiro atoms. The standard InChI is InChI=1S/C15H21ClN2S/c16-13-1-3-14(4-2-13)18-9-7-17(8-10-18)11-15(12-19)5-6-15/h1-4,19H,5-12H2. The molecule has 3 rings (SSSR count). The maximum Gasteiger partial charge on any atom is 0.0407 e. The lowest BCUT2D eigenvalue weighted by molar-refractivity contribution is 0.218. The lowest BCUT2D eigenvalue weighted by atomic mass is 10.1. The van der Waals surface area contributed by atoms with Gasteiger partial charge in [-0.05, 0) is 48.3 Å². The Labute approximate surface area is 126 Å². The van der Waals surface area contributed by atoms with Crippen molar-refractivity contribution >= 4 is 29.9 Å². The third-order valence-corrected chi connectivity index (χ3v) is 5.34. The molecule has 0 atom stereocenters. The average molecular weight is 297 g/mol. The Hall–Kier alpha value is -0.380. The van der Waals surface area contributed by atoms with Gasteiger partial charge in [0, 0.05) is 43.4 Å². The first kappa shape index (κ1) is 13.6. The Balaban J connectivity index is 1.53. The van der Waals surface area contributed by atoms with Gasteiger partial charge in [-0.2, -0.15) is 12.6 Å². The predicted molar refractivity (Wildman–Crippen MR) is 85.6 cm³/mol. The van der Waals surface area contributed by atoms with Gasteiger partial charge in [-0.15, -0.1) is 0 Å². The summed E-state index contributed by atoms with van der Waals surface area (Å²) in [6.07, 6.45) is 2.74. The number of rotatable bonds is 4. The van der Waals surface area contributed by atoms with E-state index in [1.165, 1.54) is 25.1 Å². The van der Waals surface area contributed by atoms with E-state index in [2.05, 4.69) is 34.6 Å². The average Bonchev–Trinajstić information content (AvgIpc) is 3.21. The Morgan fingerprint density at radius 3 is 2.21 bits per heavy atom. The number of hydrogen-bond acceptors (Lipinski definition) is 3. The van der Waals surface area contributed by atoms with Crippen molar-refractivity contribution in [2.75, 3.05) is 43.4 Å². The fraction of sp³-hybridized carbons (Fsp3) is 0.600. The number of piperazine rings is 1. The van der Waals surface area contributed by atoms with E-state index >= 15 is 0 Å². The number of halogens is 1. The molecule has 2 aliphatic rings. The monoisotopic (exact) mass is 296 g/mol. The van der Waals surface area contributed by atoms with Crippen LogP contribution in [0.25, 0.3) is 0 Å². The van der Waals surface area contributed by atoms with E-state index in [1.54, 1.807) is 0 Å². The molecule has 4 heteroatoms. The molecule has 0 radical (unpaired) electrons. The number of nitrogens with zero attached hydrogens (tertiary/aromatic N) is 2. The number of hydrogen-bond donors (Lipinski definition) is 1. The Morgan fingerprint density at radius 2 is 1.68 bits per heavy atom. The summed E-state index contributed by atoms with van der Waals surface area (Å²) in [6.45, 7) is 5.80. The maximum absolute atomic E-state index is 5.94. The van der Waals surface area contributed by atoms with E-state index in [0.29, 0.717) is 5.41 Å². The smallest absolute Gasteiger partial charge is 0.0407 e. The van der Waals surface area contributed by atoms with Crippen molar-refractivity contribution in [3.63, 3.8) is 0 Å². The summed E-state index contributed by atoms with van der Waals surface area (Å²) in [6, 6.07) is 8.19. The van der Waals surface area contributed by atoms with Crippen LogP contribution in [0.1, 0.15) is 12.8 Å². The summed E-state index contributed by atoms with van der Waals surface area (Å²) in [5, 5.41) is 0.812. The van der Waals surface area contributed by atoms with Gasteiger partial charge in [0.15, 0.2) is 0 Å². The normalized spacial score (nSPS) is 22.5. The minimum atomic E-state index is 0.547. The van der Waals surface area contributed by atoms with Crippen LogP contribution in [0.2, 0.25) is 5.02 Å². The van der Waals surface area contributed by atoms with Crippen molar-refractivity contribution in [2.24, 2.45) is 5.41 Å². The highest BCUT2D eigenvalue weighted by atomic mass is 35.5. The molecule has 19 heavy (non-hydrogen) atoms. The van der Waals surface area contributed by atoms with Crippen molar-refractivity contribution in [1.29, 1.82) is 0 Å². The van der Waals surface area contributed by atoms with Crippen molar-refractivity contribution < 1.29 is 0 Å². The molecule has 0 unspecified atom stereocenters. The Bertz CT molecular complexity index is 422. The van der Waals surface area contributed by atoms with E-state index in [9.17, 15) is 0 Å². The number of anilines is 1. The van der Waals surface area contributed by atoms with Crippen LogP contribution < -0.4 is 4.90 Å². The zero-order valence-electron chi connectivity index (χ0n) is 11.2. The quantitative estimate of drug-likeness (QED) is 0.853. The molecule has 0 aromatic heterocycles. The fourth-order valence-electron chi connectivity index (χ4n) is 2.83. The van der Waals surface area contributed by atoms with E-state index in [1.807, 2.05) is 12.1 Å². The van der Waals surface area contributed by atoms with Gasteiger partial charge < -0.3 is 4.90 Å². The molecule has 1 saturated heterocycles. The molecular formula is C15H21ClN2S. The van der Waals surface area contributed by atoms with E-state index in [0.717, 1.165) is 37.0 Å². The van der Waals surface area contributed by atoms with Crippen molar-refractivity contribution in [1.82, 2.24) is 4.90 Å². The molecule has 1 heterocycles. The molecule has 0 amide bonds. The summed E-state index contributed by atoms with van der Waals surface area (Å²) < 4.78 is 0. The van der Waals surface area contributed by atoms with Crippen LogP contribution in [0.15, 0.2) is 24.3 Å². The topological polar surface area (TPSA) is 6.48 Å². The predicted octanol–water partition coefficient (Wildman–Crippen LogP) is 3.17. The third kappa shape index (κ3) is 3.21. The lowest BCUT2D eigenvalue weighted by Crippen LogP contribution is -2.48. The van der Waals surface area contributed by atoms with Gasteiger partial charge in [0.05, 0.1) is 0 Å². The molecule has 2 nitrogen and oxygen atoms in total. The summed E-state index contributed by atoms with van der Waals surface area (Å²) in [5.41, 5.74) is 1.84. The second-order valence-electron chi connectivity index (χ2n) is 5.90. The van der Waals surface area contributed by atoms with E-state index < -0.39 is 0 Å². The third-order valence-electron chi connectivity index (χ3n) is 4.42. The van der Waals surface area contributed by atoms with Gasteiger partial charge in [0.2, 0.25) is 0 Å². The minimum Gasteiger partial charge on any atom is -0.369 e. The van der Waals surface area contributed by atoms with Crippen LogP contribution in [0.5, 0.6) is 0 Å². The summed E-state index contributed by atoms with van der Waals surface area (Å²) in [7, 11) is 0. The first-order valence-corrected chi connectivity index (χ1v) is 8.06. The summed E-state index contributed by atoms with van der Waals surface area (Å²) >= 11 is 10.4. The van der Waals surface area contributed by atoms with Gasteiger partial charge in [-0.3, -0.25) is 4.90 Å². The van der Waals surface area contributed by atoms with Gasteiger partial charge in [-0.1, -0.05) is 11.6 Å². The molecule has 1 aliphatic carbocycles. The van der Waals surface area contributed by atoms with Crippen LogP contribution >= 0.6 is 24.2 Å². The molecule has 1 saturated carbocycles. The summed E-state index contributed by atoms with van der Waals surface area (Å²) in [4.78, 5) is 5.06. The molecule has 0 bridgehead atoms. The second-order valence-corrected chi connectivity index (χ2v) is 6.65. The highest BCUT2D eigenvalue weighted by molar-refractivity contribution is 7.80. The molecular weight excluding hydrogens is 276 g/mol. The number of benzene rings is 1. The second kappa shape index (κ2) is 5.55. The maximum atomic E-state index is 5.94. The zero-order valence-corrected chi connectivity index (χ0v) is 12.8. The van der Waals surface area contributed by atoms with Crippen molar-refractivity contribution in [2.45, 2.75) is 12.8 Å².